The molecule has 1 aromatic heterocycles. The average molecular weight is 515 g/mol. The lowest BCUT2D eigenvalue weighted by Gasteiger charge is -2.26. The van der Waals surface area contributed by atoms with Crippen LogP contribution in [0.4, 0.5) is 0 Å². The molecule has 2 unspecified atom stereocenters. The van der Waals surface area contributed by atoms with E-state index in [2.05, 4.69) is 26.0 Å². The van der Waals surface area contributed by atoms with E-state index < -0.39 is 29.4 Å². The molecule has 2 atom stereocenters. The molecule has 0 spiro atoms. The van der Waals surface area contributed by atoms with Gasteiger partial charge in [-0.15, -0.1) is 0 Å². The standard InChI is InChI=1S/C20H25BrClN5O4/c1-20(2,3)31-18(29)14(17(28)25-19(23)24)13-11(22)8-7-10-15(13)27(26-16(10)21)12-6-4-5-9-30-12/h7-8,12,14H,4-6,9H2,1-3H3,(H4,23,24,25,28). The highest BCUT2D eigenvalue weighted by Gasteiger charge is 2.38. The predicted octanol–water partition coefficient (Wildman–Crippen LogP) is 3.38. The fraction of sp³-hybridized carbons (Fsp3) is 0.500. The first-order valence-corrected chi connectivity index (χ1v) is 11.0. The van der Waals surface area contributed by atoms with Crippen LogP contribution in [0.15, 0.2) is 21.7 Å². The second-order valence-corrected chi connectivity index (χ2v) is 9.41. The lowest BCUT2D eigenvalue weighted by Crippen LogP contribution is -2.33. The smallest absolute Gasteiger partial charge is 0.323 e. The summed E-state index contributed by atoms with van der Waals surface area (Å²) in [4.78, 5) is 29.7. The van der Waals surface area contributed by atoms with Crippen molar-refractivity contribution in [3.8, 4) is 0 Å². The molecule has 0 radical (unpaired) electrons. The summed E-state index contributed by atoms with van der Waals surface area (Å²) < 4.78 is 13.6. The maximum Gasteiger partial charge on any atom is 0.323 e. The van der Waals surface area contributed by atoms with Crippen molar-refractivity contribution in [3.63, 3.8) is 0 Å². The van der Waals surface area contributed by atoms with Gasteiger partial charge in [0.1, 0.15) is 10.2 Å². The van der Waals surface area contributed by atoms with E-state index in [1.54, 1.807) is 37.6 Å². The van der Waals surface area contributed by atoms with Crippen LogP contribution in [0.25, 0.3) is 10.9 Å². The van der Waals surface area contributed by atoms with Gasteiger partial charge < -0.3 is 20.9 Å². The van der Waals surface area contributed by atoms with Crippen LogP contribution in [0.2, 0.25) is 5.02 Å². The maximum absolute atomic E-state index is 13.1. The molecule has 11 heteroatoms. The third-order valence-electron chi connectivity index (χ3n) is 4.66. The number of guanidine groups is 1. The Kier molecular flexibility index (Phi) is 6.92. The van der Waals surface area contributed by atoms with Crippen LogP contribution in [-0.4, -0.2) is 39.8 Å². The SMILES string of the molecule is CC(C)(C)OC(=O)C(C(=O)N=C(N)N)c1c(Cl)ccc2c(Br)nn(C3CCCCO3)c12. The van der Waals surface area contributed by atoms with Crippen LogP contribution < -0.4 is 11.5 Å². The van der Waals surface area contributed by atoms with Crippen molar-refractivity contribution in [1.82, 2.24) is 9.78 Å². The normalized spacial score (nSPS) is 17.9. The Morgan fingerprint density at radius 1 is 1.35 bits per heavy atom. The van der Waals surface area contributed by atoms with Crippen molar-refractivity contribution in [2.75, 3.05) is 6.61 Å². The molecule has 2 aromatic rings. The minimum absolute atomic E-state index is 0.187. The van der Waals surface area contributed by atoms with E-state index in [4.69, 9.17) is 32.5 Å². The number of aliphatic imine (C=N–C) groups is 1. The molecule has 168 valence electrons. The van der Waals surface area contributed by atoms with Gasteiger partial charge in [0.2, 0.25) is 0 Å². The molecule has 1 fully saturated rings. The van der Waals surface area contributed by atoms with E-state index in [1.165, 1.54) is 0 Å². The van der Waals surface area contributed by atoms with Crippen LogP contribution in [0.1, 0.15) is 57.7 Å². The first-order chi connectivity index (χ1) is 14.5. The van der Waals surface area contributed by atoms with Gasteiger partial charge in [-0.25, -0.2) is 4.68 Å². The van der Waals surface area contributed by atoms with Crippen LogP contribution in [-0.2, 0) is 19.1 Å². The highest BCUT2D eigenvalue weighted by Crippen LogP contribution is 2.39. The van der Waals surface area contributed by atoms with Gasteiger partial charge in [-0.2, -0.15) is 10.1 Å². The van der Waals surface area contributed by atoms with Gasteiger partial charge in [-0.3, -0.25) is 9.59 Å². The van der Waals surface area contributed by atoms with Crippen LogP contribution >= 0.6 is 27.5 Å². The molecule has 2 heterocycles. The number of hydrogen-bond donors (Lipinski definition) is 2. The number of fused-ring (bicyclic) bond motifs is 1. The van der Waals surface area contributed by atoms with Gasteiger partial charge in [0.05, 0.1) is 5.52 Å². The summed E-state index contributed by atoms with van der Waals surface area (Å²) in [7, 11) is 0. The van der Waals surface area contributed by atoms with Crippen molar-refractivity contribution >= 4 is 56.3 Å². The molecule has 0 saturated carbocycles. The molecule has 0 bridgehead atoms. The number of nitrogens with zero attached hydrogens (tertiary/aromatic N) is 3. The lowest BCUT2D eigenvalue weighted by molar-refractivity contribution is -0.158. The lowest BCUT2D eigenvalue weighted by atomic mass is 9.95. The molecule has 1 saturated heterocycles. The highest BCUT2D eigenvalue weighted by atomic mass is 79.9. The van der Waals surface area contributed by atoms with Gasteiger partial charge in [0.25, 0.3) is 5.91 Å². The van der Waals surface area contributed by atoms with Crippen LogP contribution in [0, 0.1) is 0 Å². The number of carbonyl (C=O) groups excluding carboxylic acids is 2. The zero-order valence-corrected chi connectivity index (χ0v) is 19.9. The zero-order valence-electron chi connectivity index (χ0n) is 17.5. The largest absolute Gasteiger partial charge is 0.459 e. The van der Waals surface area contributed by atoms with Gasteiger partial charge in [0, 0.05) is 22.6 Å². The Hall–Kier alpha value is -2.17. The molecule has 1 aliphatic heterocycles. The van der Waals surface area contributed by atoms with Gasteiger partial charge >= 0.3 is 5.97 Å². The summed E-state index contributed by atoms with van der Waals surface area (Å²) in [5.74, 6) is -3.64. The van der Waals surface area contributed by atoms with E-state index >= 15 is 0 Å². The van der Waals surface area contributed by atoms with Crippen molar-refractivity contribution < 1.29 is 19.1 Å². The minimum Gasteiger partial charge on any atom is -0.459 e. The Bertz CT molecular complexity index is 1040. The minimum atomic E-state index is -1.48. The third-order valence-corrected chi connectivity index (χ3v) is 5.57. The van der Waals surface area contributed by atoms with Crippen LogP contribution in [0.5, 0.6) is 0 Å². The first-order valence-electron chi connectivity index (χ1n) is 9.83. The molecule has 31 heavy (non-hydrogen) atoms. The van der Waals surface area contributed by atoms with Gasteiger partial charge in [-0.1, -0.05) is 11.6 Å². The molecule has 9 nitrogen and oxygen atoms in total. The Morgan fingerprint density at radius 2 is 2.06 bits per heavy atom. The van der Waals surface area contributed by atoms with Crippen molar-refractivity contribution in [3.05, 3.63) is 27.3 Å². The second-order valence-electron chi connectivity index (χ2n) is 8.26. The molecule has 3 rings (SSSR count). The molecular formula is C20H25BrClN5O4. The number of esters is 1. The molecule has 4 N–H and O–H groups in total. The predicted molar refractivity (Wildman–Crippen MR) is 121 cm³/mol. The van der Waals surface area contributed by atoms with E-state index in [0.29, 0.717) is 22.1 Å². The van der Waals surface area contributed by atoms with E-state index in [9.17, 15) is 9.59 Å². The highest BCUT2D eigenvalue weighted by molar-refractivity contribution is 9.10. The molecule has 0 aliphatic carbocycles. The zero-order chi connectivity index (χ0) is 22.9. The summed E-state index contributed by atoms with van der Waals surface area (Å²) in [6.07, 6.45) is 2.28. The van der Waals surface area contributed by atoms with E-state index in [1.807, 2.05) is 0 Å². The van der Waals surface area contributed by atoms with Crippen molar-refractivity contribution in [2.45, 2.75) is 57.8 Å². The second kappa shape index (κ2) is 9.13. The van der Waals surface area contributed by atoms with Gasteiger partial charge in [-0.05, 0) is 68.1 Å². The number of hydrogen-bond acceptors (Lipinski definition) is 5. The fourth-order valence-electron chi connectivity index (χ4n) is 3.49. The number of carbonyl (C=O) groups is 2. The summed E-state index contributed by atoms with van der Waals surface area (Å²) >= 11 is 10.0. The average Bonchev–Trinajstić information content (AvgIpc) is 2.99. The quantitative estimate of drug-likeness (QED) is 0.276. The topological polar surface area (TPSA) is 135 Å². The maximum atomic E-state index is 13.1. The van der Waals surface area contributed by atoms with Crippen LogP contribution in [0.3, 0.4) is 0 Å². The Morgan fingerprint density at radius 3 is 2.65 bits per heavy atom. The van der Waals surface area contributed by atoms with Crippen molar-refractivity contribution in [1.29, 1.82) is 0 Å². The molecular weight excluding hydrogens is 490 g/mol. The third kappa shape index (κ3) is 5.19. The Balaban J connectivity index is 2.26. The summed E-state index contributed by atoms with van der Waals surface area (Å²) in [5.41, 5.74) is 10.7. The van der Waals surface area contributed by atoms with Crippen molar-refractivity contribution in [2.24, 2.45) is 16.5 Å². The number of ether oxygens (including phenoxy) is 2. The number of rotatable bonds is 4. The number of halogens is 2. The monoisotopic (exact) mass is 513 g/mol. The van der Waals surface area contributed by atoms with E-state index in [0.717, 1.165) is 19.3 Å². The molecule has 1 aromatic carbocycles. The summed E-state index contributed by atoms with van der Waals surface area (Å²) in [6, 6.07) is 3.35. The number of amides is 1. The fourth-order valence-corrected chi connectivity index (χ4v) is 4.24. The van der Waals surface area contributed by atoms with Gasteiger partial charge in [0.15, 0.2) is 18.1 Å². The molecule has 1 aliphatic rings. The number of aromatic nitrogens is 2. The summed E-state index contributed by atoms with van der Waals surface area (Å²) in [5, 5.41) is 5.41. The molecule has 1 amide bonds. The summed E-state index contributed by atoms with van der Waals surface area (Å²) in [6.45, 7) is 5.69. The first kappa shape index (κ1) is 23.5. The Labute approximate surface area is 193 Å². The van der Waals surface area contributed by atoms with E-state index in [-0.39, 0.29) is 16.8 Å². The number of nitrogens with two attached hydrogens (primary N) is 2. The number of benzene rings is 1.